The second-order valence-corrected chi connectivity index (χ2v) is 4.83. The van der Waals surface area contributed by atoms with Crippen molar-refractivity contribution in [2.45, 2.75) is 20.3 Å². The summed E-state index contributed by atoms with van der Waals surface area (Å²) in [6.45, 7) is 3.79. The van der Waals surface area contributed by atoms with Gasteiger partial charge in [0.05, 0.1) is 13.5 Å². The number of carbonyl (C=O) groups is 2. The summed E-state index contributed by atoms with van der Waals surface area (Å²) in [5.74, 6) is -0.227. The molecular weight excluding hydrogens is 284 g/mol. The van der Waals surface area contributed by atoms with E-state index in [1.165, 1.54) is 18.4 Å². The van der Waals surface area contributed by atoms with Gasteiger partial charge in [-0.15, -0.1) is 0 Å². The van der Waals surface area contributed by atoms with E-state index in [4.69, 9.17) is 4.42 Å². The molecule has 0 radical (unpaired) electrons. The number of hydrogen-bond acceptors (Lipinski definition) is 5. The molecule has 6 nitrogen and oxygen atoms in total. The van der Waals surface area contributed by atoms with Crippen LogP contribution < -0.4 is 4.90 Å². The molecule has 0 bridgehead atoms. The fourth-order valence-electron chi connectivity index (χ4n) is 2.14. The number of para-hydroxylation sites is 1. The highest BCUT2D eigenvalue weighted by Crippen LogP contribution is 2.22. The maximum atomic E-state index is 12.7. The Labute approximate surface area is 128 Å². The summed E-state index contributed by atoms with van der Waals surface area (Å²) >= 11 is 0. The average molecular weight is 302 g/mol. The van der Waals surface area contributed by atoms with E-state index in [-0.39, 0.29) is 30.5 Å². The van der Waals surface area contributed by atoms with Gasteiger partial charge in [0.25, 0.3) is 5.91 Å². The monoisotopic (exact) mass is 302 g/mol. The van der Waals surface area contributed by atoms with E-state index >= 15 is 0 Å². The predicted octanol–water partition coefficient (Wildman–Crippen LogP) is 2.50. The fourth-order valence-corrected chi connectivity index (χ4v) is 2.14. The zero-order valence-electron chi connectivity index (χ0n) is 12.8. The first-order valence-electron chi connectivity index (χ1n) is 6.89. The highest BCUT2D eigenvalue weighted by Gasteiger charge is 2.24. The van der Waals surface area contributed by atoms with Gasteiger partial charge in [0.2, 0.25) is 0 Å². The van der Waals surface area contributed by atoms with E-state index in [0.717, 1.165) is 11.3 Å². The molecule has 0 unspecified atom stereocenters. The number of amides is 1. The fraction of sp³-hybridized carbons (Fsp3) is 0.312. The topological polar surface area (TPSA) is 72.6 Å². The van der Waals surface area contributed by atoms with Gasteiger partial charge in [-0.05, 0) is 25.5 Å². The molecule has 22 heavy (non-hydrogen) atoms. The van der Waals surface area contributed by atoms with Gasteiger partial charge in [-0.1, -0.05) is 18.2 Å². The molecule has 1 aromatic carbocycles. The van der Waals surface area contributed by atoms with Gasteiger partial charge >= 0.3 is 5.97 Å². The minimum Gasteiger partial charge on any atom is -0.469 e. The van der Waals surface area contributed by atoms with Gasteiger partial charge < -0.3 is 14.1 Å². The number of hydrogen-bond donors (Lipinski definition) is 0. The first-order chi connectivity index (χ1) is 10.5. The molecule has 1 heterocycles. The van der Waals surface area contributed by atoms with Crippen LogP contribution in [0, 0.1) is 13.8 Å². The Balaban J connectivity index is 2.33. The van der Waals surface area contributed by atoms with Crippen molar-refractivity contribution in [3.05, 3.63) is 47.7 Å². The van der Waals surface area contributed by atoms with Crippen molar-refractivity contribution >= 4 is 17.6 Å². The Morgan fingerprint density at radius 1 is 1.27 bits per heavy atom. The van der Waals surface area contributed by atoms with E-state index in [1.54, 1.807) is 6.92 Å². The first-order valence-corrected chi connectivity index (χ1v) is 6.89. The number of aromatic nitrogens is 1. The minimum atomic E-state index is -0.372. The number of esters is 1. The molecule has 6 heteroatoms. The van der Waals surface area contributed by atoms with Gasteiger partial charge in [-0.25, -0.2) is 4.98 Å². The van der Waals surface area contributed by atoms with Crippen molar-refractivity contribution in [2.24, 2.45) is 0 Å². The number of ether oxygens (including phenoxy) is 1. The van der Waals surface area contributed by atoms with Crippen LogP contribution >= 0.6 is 0 Å². The van der Waals surface area contributed by atoms with Crippen LogP contribution in [0.1, 0.15) is 28.2 Å². The summed E-state index contributed by atoms with van der Waals surface area (Å²) in [6.07, 6.45) is 1.34. The van der Waals surface area contributed by atoms with Crippen molar-refractivity contribution in [3.8, 4) is 0 Å². The van der Waals surface area contributed by atoms with Crippen LogP contribution in [0.5, 0.6) is 0 Å². The zero-order valence-corrected chi connectivity index (χ0v) is 12.8. The van der Waals surface area contributed by atoms with Crippen LogP contribution in [-0.4, -0.2) is 30.5 Å². The number of oxazole rings is 1. The minimum absolute atomic E-state index is 0.105. The number of rotatable bonds is 5. The number of methoxy groups -OCH3 is 1. The van der Waals surface area contributed by atoms with Crippen molar-refractivity contribution in [2.75, 3.05) is 18.6 Å². The SMILES string of the molecule is COC(=O)CCN(C(=O)c1ncoc1C)c1ccccc1C. The number of anilines is 1. The molecule has 0 saturated heterocycles. The van der Waals surface area contributed by atoms with Crippen LogP contribution in [-0.2, 0) is 9.53 Å². The van der Waals surface area contributed by atoms with Crippen LogP contribution in [0.15, 0.2) is 35.1 Å². The lowest BCUT2D eigenvalue weighted by Crippen LogP contribution is -2.34. The standard InChI is InChI=1S/C16H18N2O4/c1-11-6-4-5-7-13(11)18(9-8-14(19)21-3)16(20)15-12(2)22-10-17-15/h4-7,10H,8-9H2,1-3H3. The van der Waals surface area contributed by atoms with Crippen LogP contribution in [0.4, 0.5) is 5.69 Å². The molecule has 0 aliphatic heterocycles. The molecule has 2 rings (SSSR count). The third-order valence-electron chi connectivity index (χ3n) is 3.37. The van der Waals surface area contributed by atoms with Gasteiger partial charge in [0.1, 0.15) is 5.76 Å². The van der Waals surface area contributed by atoms with Crippen molar-refractivity contribution < 1.29 is 18.7 Å². The summed E-state index contributed by atoms with van der Waals surface area (Å²) in [4.78, 5) is 29.6. The molecule has 1 aromatic heterocycles. The maximum absolute atomic E-state index is 12.7. The quantitative estimate of drug-likeness (QED) is 0.793. The second-order valence-electron chi connectivity index (χ2n) is 4.83. The summed E-state index contributed by atoms with van der Waals surface area (Å²) in [5, 5.41) is 0. The van der Waals surface area contributed by atoms with Crippen molar-refractivity contribution in [3.63, 3.8) is 0 Å². The molecule has 0 saturated carbocycles. The highest BCUT2D eigenvalue weighted by atomic mass is 16.5. The lowest BCUT2D eigenvalue weighted by Gasteiger charge is -2.23. The third kappa shape index (κ3) is 3.33. The molecule has 0 aliphatic rings. The largest absolute Gasteiger partial charge is 0.469 e. The lowest BCUT2D eigenvalue weighted by molar-refractivity contribution is -0.140. The second kappa shape index (κ2) is 6.89. The predicted molar refractivity (Wildman–Crippen MR) is 80.7 cm³/mol. The molecule has 0 N–H and O–H groups in total. The third-order valence-corrected chi connectivity index (χ3v) is 3.37. The summed E-state index contributed by atoms with van der Waals surface area (Å²) in [7, 11) is 1.32. The normalized spacial score (nSPS) is 10.3. The Kier molecular flexibility index (Phi) is 4.93. The Morgan fingerprint density at radius 2 is 2.00 bits per heavy atom. The molecule has 0 aliphatic carbocycles. The van der Waals surface area contributed by atoms with Gasteiger partial charge in [0.15, 0.2) is 12.1 Å². The van der Waals surface area contributed by atoms with E-state index in [1.807, 2.05) is 31.2 Å². The van der Waals surface area contributed by atoms with Crippen LogP contribution in [0.3, 0.4) is 0 Å². The Morgan fingerprint density at radius 3 is 2.59 bits per heavy atom. The molecule has 0 fully saturated rings. The Bertz CT molecular complexity index is 678. The molecular formula is C16H18N2O4. The molecule has 2 aromatic rings. The lowest BCUT2D eigenvalue weighted by atomic mass is 10.1. The summed E-state index contributed by atoms with van der Waals surface area (Å²) in [5.41, 5.74) is 1.91. The molecule has 0 spiro atoms. The summed E-state index contributed by atoms with van der Waals surface area (Å²) < 4.78 is 9.75. The van der Waals surface area contributed by atoms with E-state index < -0.39 is 0 Å². The average Bonchev–Trinajstić information content (AvgIpc) is 2.94. The van der Waals surface area contributed by atoms with Gasteiger partial charge in [0, 0.05) is 12.2 Å². The highest BCUT2D eigenvalue weighted by molar-refractivity contribution is 6.06. The zero-order chi connectivity index (χ0) is 16.1. The van der Waals surface area contributed by atoms with Crippen LogP contribution in [0.25, 0.3) is 0 Å². The van der Waals surface area contributed by atoms with E-state index in [2.05, 4.69) is 9.72 Å². The smallest absolute Gasteiger partial charge is 0.307 e. The van der Waals surface area contributed by atoms with Crippen molar-refractivity contribution in [1.29, 1.82) is 0 Å². The van der Waals surface area contributed by atoms with Crippen LogP contribution in [0.2, 0.25) is 0 Å². The van der Waals surface area contributed by atoms with E-state index in [0.29, 0.717) is 5.76 Å². The van der Waals surface area contributed by atoms with Gasteiger partial charge in [-0.3, -0.25) is 9.59 Å². The number of aryl methyl sites for hydroxylation is 2. The molecule has 116 valence electrons. The van der Waals surface area contributed by atoms with E-state index in [9.17, 15) is 9.59 Å². The first kappa shape index (κ1) is 15.8. The van der Waals surface area contributed by atoms with Crippen molar-refractivity contribution in [1.82, 2.24) is 4.98 Å². The molecule has 0 atom stereocenters. The number of nitrogens with zero attached hydrogens (tertiary/aromatic N) is 2. The number of benzene rings is 1. The summed E-state index contributed by atoms with van der Waals surface area (Å²) in [6, 6.07) is 7.48. The van der Waals surface area contributed by atoms with Gasteiger partial charge in [-0.2, -0.15) is 0 Å². The maximum Gasteiger partial charge on any atom is 0.307 e. The molecule has 1 amide bonds. The number of carbonyl (C=O) groups excluding carboxylic acids is 2. The Hall–Kier alpha value is -2.63.